The van der Waals surface area contributed by atoms with Gasteiger partial charge in [-0.1, -0.05) is 15.9 Å². The highest BCUT2D eigenvalue weighted by molar-refractivity contribution is 9.10. The third-order valence-corrected chi connectivity index (χ3v) is 2.34. The van der Waals surface area contributed by atoms with Gasteiger partial charge in [-0.25, -0.2) is 0 Å². The lowest BCUT2D eigenvalue weighted by molar-refractivity contribution is -0.165. The van der Waals surface area contributed by atoms with E-state index in [4.69, 9.17) is 0 Å². The van der Waals surface area contributed by atoms with Crippen molar-refractivity contribution >= 4 is 27.4 Å². The highest BCUT2D eigenvalue weighted by atomic mass is 79.9. The van der Waals surface area contributed by atoms with Crippen LogP contribution in [0.3, 0.4) is 0 Å². The van der Waals surface area contributed by atoms with Crippen LogP contribution in [0.2, 0.25) is 0 Å². The zero-order valence-corrected chi connectivity index (χ0v) is 10.4. The minimum atomic E-state index is -4.83. The van der Waals surface area contributed by atoms with Crippen LogP contribution in [-0.2, 0) is 4.79 Å². The Bertz CT molecular complexity index is 437. The van der Waals surface area contributed by atoms with Crippen LogP contribution in [0.1, 0.15) is 6.92 Å². The van der Waals surface area contributed by atoms with Crippen molar-refractivity contribution in [2.75, 3.05) is 5.32 Å². The van der Waals surface area contributed by atoms with E-state index in [2.05, 4.69) is 21.2 Å². The summed E-state index contributed by atoms with van der Waals surface area (Å²) in [6.45, 7) is 1.39. The predicted molar refractivity (Wildman–Crippen MR) is 62.6 cm³/mol. The van der Waals surface area contributed by atoms with Gasteiger partial charge in [-0.2, -0.15) is 13.2 Å². The third-order valence-electron chi connectivity index (χ3n) is 1.81. The summed E-state index contributed by atoms with van der Waals surface area (Å²) in [5, 5.41) is 2.69. The number of hydrogen-bond donors (Lipinski definition) is 1. The molecule has 0 aliphatic heterocycles. The van der Waals surface area contributed by atoms with Crippen molar-refractivity contribution < 1.29 is 18.0 Å². The van der Waals surface area contributed by atoms with Crippen molar-refractivity contribution in [3.63, 3.8) is 0 Å². The lowest BCUT2D eigenvalue weighted by atomic mass is 10.2. The molecule has 6 heteroatoms. The zero-order chi connectivity index (χ0) is 13.1. The van der Waals surface area contributed by atoms with E-state index in [0.717, 1.165) is 4.47 Å². The molecule has 0 aliphatic carbocycles. The molecule has 0 amide bonds. The number of nitrogens with one attached hydrogen (secondary N) is 1. The van der Waals surface area contributed by atoms with Crippen molar-refractivity contribution in [2.45, 2.75) is 13.1 Å². The molecule has 1 aromatic carbocycles. The first-order valence-electron chi connectivity index (χ1n) is 4.61. The number of rotatable bonds is 3. The second-order valence-corrected chi connectivity index (χ2v) is 4.24. The number of alkyl halides is 3. The van der Waals surface area contributed by atoms with Crippen LogP contribution >= 0.6 is 15.9 Å². The first-order valence-corrected chi connectivity index (χ1v) is 5.40. The number of anilines is 1. The van der Waals surface area contributed by atoms with Crippen molar-refractivity contribution in [1.29, 1.82) is 0 Å². The maximum atomic E-state index is 12.0. The Kier molecular flexibility index (Phi) is 4.34. The number of ketones is 1. The Hall–Kier alpha value is -1.30. The Morgan fingerprint density at radius 1 is 1.29 bits per heavy atom. The summed E-state index contributed by atoms with van der Waals surface area (Å²) in [5.41, 5.74) is 0.742. The van der Waals surface area contributed by atoms with Crippen LogP contribution in [0.25, 0.3) is 0 Å². The molecule has 2 nitrogen and oxygen atoms in total. The molecule has 92 valence electrons. The van der Waals surface area contributed by atoms with Gasteiger partial charge in [-0.05, 0) is 31.2 Å². The number of carbonyl (C=O) groups excluding carboxylic acids is 1. The van der Waals surface area contributed by atoms with E-state index in [1.165, 1.54) is 6.92 Å². The van der Waals surface area contributed by atoms with Gasteiger partial charge in [0.05, 0.1) is 0 Å². The van der Waals surface area contributed by atoms with Gasteiger partial charge < -0.3 is 5.32 Å². The number of carbonyl (C=O) groups is 1. The van der Waals surface area contributed by atoms with Crippen molar-refractivity contribution in [3.05, 3.63) is 40.5 Å². The SMILES string of the molecule is C/C(=C\C(=O)C(F)(F)F)Nc1ccc(Br)cc1. The third kappa shape index (κ3) is 4.60. The zero-order valence-electron chi connectivity index (χ0n) is 8.81. The average molecular weight is 308 g/mol. The molecule has 0 saturated carbocycles. The van der Waals surface area contributed by atoms with E-state index in [-0.39, 0.29) is 5.70 Å². The fourth-order valence-corrected chi connectivity index (χ4v) is 1.34. The minimum Gasteiger partial charge on any atom is -0.359 e. The summed E-state index contributed by atoms with van der Waals surface area (Å²) < 4.78 is 36.8. The van der Waals surface area contributed by atoms with Crippen molar-refractivity contribution in [3.8, 4) is 0 Å². The number of hydrogen-bond acceptors (Lipinski definition) is 2. The largest absolute Gasteiger partial charge is 0.454 e. The van der Waals surface area contributed by atoms with Crippen LogP contribution in [0.15, 0.2) is 40.5 Å². The Morgan fingerprint density at radius 3 is 2.29 bits per heavy atom. The number of allylic oxidation sites excluding steroid dienone is 2. The molecular weight excluding hydrogens is 299 g/mol. The molecule has 1 aromatic rings. The molecule has 1 N–H and O–H groups in total. The van der Waals surface area contributed by atoms with Gasteiger partial charge in [-0.15, -0.1) is 0 Å². The Labute approximate surface area is 105 Å². The molecule has 0 aromatic heterocycles. The van der Waals surface area contributed by atoms with Crippen LogP contribution in [0, 0.1) is 0 Å². The molecule has 0 unspecified atom stereocenters. The van der Waals surface area contributed by atoms with Gasteiger partial charge in [0.15, 0.2) is 0 Å². The van der Waals surface area contributed by atoms with E-state index in [1.807, 2.05) is 0 Å². The van der Waals surface area contributed by atoms with E-state index in [1.54, 1.807) is 24.3 Å². The summed E-state index contributed by atoms with van der Waals surface area (Å²) in [4.78, 5) is 10.7. The number of benzene rings is 1. The molecule has 0 fully saturated rings. The smallest absolute Gasteiger partial charge is 0.359 e. The van der Waals surface area contributed by atoms with Crippen LogP contribution in [0.4, 0.5) is 18.9 Å². The van der Waals surface area contributed by atoms with Gasteiger partial charge in [-0.3, -0.25) is 4.79 Å². The standard InChI is InChI=1S/C11H9BrF3NO/c1-7(6-10(17)11(13,14)15)16-9-4-2-8(12)3-5-9/h2-6,16H,1H3/b7-6+. The molecule has 0 saturated heterocycles. The second-order valence-electron chi connectivity index (χ2n) is 3.32. The van der Waals surface area contributed by atoms with E-state index in [0.29, 0.717) is 11.8 Å². The van der Waals surface area contributed by atoms with Crippen LogP contribution in [0.5, 0.6) is 0 Å². The summed E-state index contributed by atoms with van der Waals surface area (Å²) in [6, 6.07) is 6.83. The lowest BCUT2D eigenvalue weighted by Crippen LogP contribution is -2.21. The maximum Gasteiger partial charge on any atom is 0.454 e. The maximum absolute atomic E-state index is 12.0. The fourth-order valence-electron chi connectivity index (χ4n) is 1.08. The monoisotopic (exact) mass is 307 g/mol. The highest BCUT2D eigenvalue weighted by Gasteiger charge is 2.36. The summed E-state index contributed by atoms with van der Waals surface area (Å²) in [6.07, 6.45) is -4.30. The van der Waals surface area contributed by atoms with Gasteiger partial charge in [0.25, 0.3) is 5.78 Å². The lowest BCUT2D eigenvalue weighted by Gasteiger charge is -2.07. The molecule has 1 rings (SSSR count). The molecule has 0 bridgehead atoms. The molecule has 0 radical (unpaired) electrons. The quantitative estimate of drug-likeness (QED) is 0.858. The second kappa shape index (κ2) is 5.35. The van der Waals surface area contributed by atoms with E-state index < -0.39 is 12.0 Å². The van der Waals surface area contributed by atoms with Gasteiger partial charge >= 0.3 is 6.18 Å². The van der Waals surface area contributed by atoms with E-state index in [9.17, 15) is 18.0 Å². The van der Waals surface area contributed by atoms with Crippen molar-refractivity contribution in [1.82, 2.24) is 0 Å². The predicted octanol–water partition coefficient (Wildman–Crippen LogP) is 3.90. The van der Waals surface area contributed by atoms with Crippen LogP contribution in [-0.4, -0.2) is 12.0 Å². The first kappa shape index (κ1) is 13.8. The fraction of sp³-hybridized carbons (Fsp3) is 0.182. The first-order chi connectivity index (χ1) is 7.79. The topological polar surface area (TPSA) is 29.1 Å². The molecule has 0 spiro atoms. The van der Waals surface area contributed by atoms with Gasteiger partial charge in [0, 0.05) is 21.9 Å². The summed E-state index contributed by atoms with van der Waals surface area (Å²) >= 11 is 3.23. The molecule has 0 aliphatic rings. The Morgan fingerprint density at radius 2 is 1.82 bits per heavy atom. The summed E-state index contributed by atoms with van der Waals surface area (Å²) in [7, 11) is 0. The molecule has 17 heavy (non-hydrogen) atoms. The molecular formula is C11H9BrF3NO. The average Bonchev–Trinajstić information content (AvgIpc) is 2.20. The Balaban J connectivity index is 2.72. The van der Waals surface area contributed by atoms with E-state index >= 15 is 0 Å². The molecule has 0 atom stereocenters. The number of halogens is 4. The van der Waals surface area contributed by atoms with Gasteiger partial charge in [0.1, 0.15) is 0 Å². The van der Waals surface area contributed by atoms with Crippen LogP contribution < -0.4 is 5.32 Å². The van der Waals surface area contributed by atoms with Gasteiger partial charge in [0.2, 0.25) is 0 Å². The minimum absolute atomic E-state index is 0.134. The molecule has 0 heterocycles. The summed E-state index contributed by atoms with van der Waals surface area (Å²) in [5.74, 6) is -1.88. The van der Waals surface area contributed by atoms with Crippen molar-refractivity contribution in [2.24, 2.45) is 0 Å². The highest BCUT2D eigenvalue weighted by Crippen LogP contribution is 2.19. The normalized spacial score (nSPS) is 12.4.